The number of pyridine rings is 1. The van der Waals surface area contributed by atoms with Gasteiger partial charge in [-0.3, -0.25) is 0 Å². The molecule has 0 aliphatic carbocycles. The van der Waals surface area contributed by atoms with E-state index in [0.29, 0.717) is 6.07 Å². The SMILES string of the molecule is COC(=O)c1nc(-c2c(F)cc(Cl)c(C(F)F)c2F)cc(N)c1Cl. The van der Waals surface area contributed by atoms with Crippen molar-refractivity contribution in [3.05, 3.63) is 45.1 Å². The van der Waals surface area contributed by atoms with Crippen LogP contribution >= 0.6 is 23.2 Å². The van der Waals surface area contributed by atoms with Gasteiger partial charge < -0.3 is 10.5 Å². The van der Waals surface area contributed by atoms with Gasteiger partial charge in [-0.1, -0.05) is 23.2 Å². The summed E-state index contributed by atoms with van der Waals surface area (Å²) < 4.78 is 58.7. The minimum Gasteiger partial charge on any atom is -0.464 e. The molecule has 24 heavy (non-hydrogen) atoms. The first kappa shape index (κ1) is 18.3. The predicted octanol–water partition coefficient (Wildman–Crippen LogP) is 4.64. The smallest absolute Gasteiger partial charge is 0.358 e. The highest BCUT2D eigenvalue weighted by Gasteiger charge is 2.27. The Morgan fingerprint density at radius 3 is 2.46 bits per heavy atom. The lowest BCUT2D eigenvalue weighted by Gasteiger charge is -2.13. The van der Waals surface area contributed by atoms with Crippen LogP contribution in [0, 0.1) is 11.6 Å². The Balaban J connectivity index is 2.80. The minimum absolute atomic E-state index is 0.241. The zero-order chi connectivity index (χ0) is 18.2. The fourth-order valence-electron chi connectivity index (χ4n) is 1.95. The first-order valence-electron chi connectivity index (χ1n) is 6.19. The van der Waals surface area contributed by atoms with Crippen LogP contribution in [-0.4, -0.2) is 18.1 Å². The maximum Gasteiger partial charge on any atom is 0.358 e. The number of alkyl halides is 2. The molecule has 0 aliphatic rings. The van der Waals surface area contributed by atoms with Crippen molar-refractivity contribution < 1.29 is 27.1 Å². The number of ether oxygens (including phenoxy) is 1. The van der Waals surface area contributed by atoms with Crippen LogP contribution < -0.4 is 5.73 Å². The second-order valence-corrected chi connectivity index (χ2v) is 5.28. The monoisotopic (exact) mass is 382 g/mol. The summed E-state index contributed by atoms with van der Waals surface area (Å²) in [6.07, 6.45) is -3.29. The highest BCUT2D eigenvalue weighted by molar-refractivity contribution is 6.35. The third kappa shape index (κ3) is 3.11. The number of methoxy groups -OCH3 is 1. The average Bonchev–Trinajstić information content (AvgIpc) is 2.48. The second kappa shape index (κ2) is 6.82. The molecule has 10 heteroatoms. The van der Waals surface area contributed by atoms with Crippen molar-refractivity contribution in [1.82, 2.24) is 4.98 Å². The van der Waals surface area contributed by atoms with Crippen LogP contribution in [0.2, 0.25) is 10.0 Å². The normalized spacial score (nSPS) is 11.0. The molecule has 2 rings (SSSR count). The molecule has 128 valence electrons. The van der Waals surface area contributed by atoms with E-state index >= 15 is 0 Å². The number of aromatic nitrogens is 1. The van der Waals surface area contributed by atoms with Gasteiger partial charge >= 0.3 is 5.97 Å². The molecule has 2 aromatic rings. The maximum atomic E-state index is 14.3. The minimum atomic E-state index is -3.29. The molecule has 0 atom stereocenters. The number of rotatable bonds is 3. The standard InChI is InChI=1S/C14H8Cl2F4N2O2/c1-24-14(23)12-10(16)6(21)3-7(22-12)9-5(17)2-4(15)8(11(9)18)13(19)20/h2-3,13H,1H3,(H2,21,22). The van der Waals surface area contributed by atoms with E-state index in [-0.39, 0.29) is 10.7 Å². The number of benzene rings is 1. The third-order valence-electron chi connectivity index (χ3n) is 3.04. The Morgan fingerprint density at radius 2 is 1.92 bits per heavy atom. The summed E-state index contributed by atoms with van der Waals surface area (Å²) in [7, 11) is 1.03. The second-order valence-electron chi connectivity index (χ2n) is 4.49. The van der Waals surface area contributed by atoms with Crippen LogP contribution in [0.4, 0.5) is 23.2 Å². The summed E-state index contributed by atoms with van der Waals surface area (Å²) in [4.78, 5) is 15.3. The molecule has 0 amide bonds. The van der Waals surface area contributed by atoms with E-state index < -0.39 is 51.6 Å². The van der Waals surface area contributed by atoms with Gasteiger partial charge in [-0.25, -0.2) is 27.3 Å². The summed E-state index contributed by atoms with van der Waals surface area (Å²) in [5.74, 6) is -3.88. The first-order chi connectivity index (χ1) is 11.2. The van der Waals surface area contributed by atoms with Gasteiger partial charge in [0.15, 0.2) is 5.69 Å². The van der Waals surface area contributed by atoms with Crippen molar-refractivity contribution in [1.29, 1.82) is 0 Å². The third-order valence-corrected chi connectivity index (χ3v) is 3.75. The van der Waals surface area contributed by atoms with Crippen molar-refractivity contribution >= 4 is 34.9 Å². The molecule has 2 N–H and O–H groups in total. The molecule has 0 bridgehead atoms. The molecule has 4 nitrogen and oxygen atoms in total. The zero-order valence-electron chi connectivity index (χ0n) is 11.8. The molecule has 0 fully saturated rings. The van der Waals surface area contributed by atoms with Gasteiger partial charge in [0.05, 0.1) is 39.7 Å². The van der Waals surface area contributed by atoms with Crippen molar-refractivity contribution in [3.63, 3.8) is 0 Å². The molecule has 0 saturated heterocycles. The highest BCUT2D eigenvalue weighted by Crippen LogP contribution is 2.38. The van der Waals surface area contributed by atoms with Crippen LogP contribution in [-0.2, 0) is 4.74 Å². The Kier molecular flexibility index (Phi) is 5.19. The highest BCUT2D eigenvalue weighted by atomic mass is 35.5. The molecule has 0 unspecified atom stereocenters. The van der Waals surface area contributed by atoms with Gasteiger partial charge in [-0.15, -0.1) is 0 Å². The molecular formula is C14H8Cl2F4N2O2. The molecular weight excluding hydrogens is 375 g/mol. The lowest BCUT2D eigenvalue weighted by atomic mass is 10.0. The van der Waals surface area contributed by atoms with E-state index in [1.54, 1.807) is 0 Å². The first-order valence-corrected chi connectivity index (χ1v) is 6.94. The topological polar surface area (TPSA) is 65.2 Å². The van der Waals surface area contributed by atoms with E-state index in [1.165, 1.54) is 0 Å². The molecule has 0 aliphatic heterocycles. The van der Waals surface area contributed by atoms with Gasteiger partial charge in [0.2, 0.25) is 0 Å². The average molecular weight is 383 g/mol. The summed E-state index contributed by atoms with van der Waals surface area (Å²) >= 11 is 11.2. The molecule has 0 radical (unpaired) electrons. The van der Waals surface area contributed by atoms with Crippen LogP contribution in [0.5, 0.6) is 0 Å². The maximum absolute atomic E-state index is 14.3. The Bertz CT molecular complexity index is 831. The van der Waals surface area contributed by atoms with Crippen molar-refractivity contribution in [2.45, 2.75) is 6.43 Å². The molecule has 1 aromatic carbocycles. The number of hydrogen-bond donors (Lipinski definition) is 1. The van der Waals surface area contributed by atoms with Crippen molar-refractivity contribution in [2.24, 2.45) is 0 Å². The lowest BCUT2D eigenvalue weighted by molar-refractivity contribution is 0.0594. The predicted molar refractivity (Wildman–Crippen MR) is 80.3 cm³/mol. The zero-order valence-corrected chi connectivity index (χ0v) is 13.4. The van der Waals surface area contributed by atoms with E-state index in [9.17, 15) is 22.4 Å². The lowest BCUT2D eigenvalue weighted by Crippen LogP contribution is -2.09. The summed E-state index contributed by atoms with van der Waals surface area (Å²) in [6, 6.07) is 1.46. The Morgan fingerprint density at radius 1 is 1.29 bits per heavy atom. The van der Waals surface area contributed by atoms with Gasteiger partial charge in [0.1, 0.15) is 11.6 Å². The van der Waals surface area contributed by atoms with E-state index in [2.05, 4.69) is 9.72 Å². The number of hydrogen-bond acceptors (Lipinski definition) is 4. The number of nitrogen functional groups attached to an aromatic ring is 1. The van der Waals surface area contributed by atoms with Crippen LogP contribution in [0.25, 0.3) is 11.3 Å². The van der Waals surface area contributed by atoms with Gasteiger partial charge in [-0.2, -0.15) is 0 Å². The summed E-state index contributed by atoms with van der Waals surface area (Å²) in [6.45, 7) is 0. The van der Waals surface area contributed by atoms with Crippen LogP contribution in [0.1, 0.15) is 22.5 Å². The number of carbonyl (C=O) groups is 1. The number of anilines is 1. The fourth-order valence-corrected chi connectivity index (χ4v) is 2.38. The summed E-state index contributed by atoms with van der Waals surface area (Å²) in [5.41, 5.74) is 2.21. The fraction of sp³-hybridized carbons (Fsp3) is 0.143. The quantitative estimate of drug-likeness (QED) is 0.620. The molecule has 0 spiro atoms. The van der Waals surface area contributed by atoms with E-state index in [1.807, 2.05) is 0 Å². The number of carbonyl (C=O) groups excluding carboxylic acids is 1. The van der Waals surface area contributed by atoms with Gasteiger partial charge in [0.25, 0.3) is 6.43 Å². The number of esters is 1. The van der Waals surface area contributed by atoms with Crippen LogP contribution in [0.3, 0.4) is 0 Å². The Hall–Kier alpha value is -2.06. The molecule has 0 saturated carbocycles. The number of halogens is 6. The van der Waals surface area contributed by atoms with Gasteiger partial charge in [0, 0.05) is 0 Å². The summed E-state index contributed by atoms with van der Waals surface area (Å²) in [5, 5.41) is -1.08. The van der Waals surface area contributed by atoms with Crippen LogP contribution in [0.15, 0.2) is 12.1 Å². The molecule has 1 heterocycles. The van der Waals surface area contributed by atoms with Crippen molar-refractivity contribution in [3.8, 4) is 11.3 Å². The van der Waals surface area contributed by atoms with E-state index in [4.69, 9.17) is 28.9 Å². The van der Waals surface area contributed by atoms with E-state index in [0.717, 1.165) is 13.2 Å². The molecule has 1 aromatic heterocycles. The van der Waals surface area contributed by atoms with Gasteiger partial charge in [-0.05, 0) is 12.1 Å². The van der Waals surface area contributed by atoms with Crippen molar-refractivity contribution in [2.75, 3.05) is 12.8 Å². The largest absolute Gasteiger partial charge is 0.464 e. The Labute approximate surface area is 143 Å². The number of nitrogens with zero attached hydrogens (tertiary/aromatic N) is 1. The number of nitrogens with two attached hydrogens (primary N) is 1.